The maximum atomic E-state index is 12.6. The zero-order valence-electron chi connectivity index (χ0n) is 20.5. The van der Waals surface area contributed by atoms with Crippen molar-refractivity contribution in [3.8, 4) is 0 Å². The number of carbonyl (C=O) groups is 5. The van der Waals surface area contributed by atoms with E-state index in [0.717, 1.165) is 38.5 Å². The summed E-state index contributed by atoms with van der Waals surface area (Å²) >= 11 is 0. The summed E-state index contributed by atoms with van der Waals surface area (Å²) in [7, 11) is -1.35. The van der Waals surface area contributed by atoms with Crippen LogP contribution in [0.5, 0.6) is 0 Å². The molecule has 1 aliphatic heterocycles. The molecule has 1 saturated carbocycles. The predicted octanol–water partition coefficient (Wildman–Crippen LogP) is 1.67. The molecule has 1 heterocycles. The molecule has 2 aliphatic rings. The van der Waals surface area contributed by atoms with Crippen LogP contribution in [0, 0.1) is 11.8 Å². The summed E-state index contributed by atoms with van der Waals surface area (Å²) in [5.41, 5.74) is -2.17. The van der Waals surface area contributed by atoms with E-state index in [4.69, 9.17) is 9.31 Å². The second kappa shape index (κ2) is 13.5. The summed E-state index contributed by atoms with van der Waals surface area (Å²) in [6, 6.07) is 0. The van der Waals surface area contributed by atoms with Gasteiger partial charge >= 0.3 is 25.0 Å². The Labute approximate surface area is 205 Å². The summed E-state index contributed by atoms with van der Waals surface area (Å²) < 4.78 is 10.8. The molecule has 1 aliphatic carbocycles. The van der Waals surface area contributed by atoms with Gasteiger partial charge in [0.2, 0.25) is 11.8 Å². The first-order chi connectivity index (χ1) is 16.5. The molecule has 4 N–H and O–H groups in total. The number of hydrogen-bond donors (Lipinski definition) is 4. The van der Waals surface area contributed by atoms with Crippen LogP contribution in [0.25, 0.3) is 0 Å². The van der Waals surface area contributed by atoms with Gasteiger partial charge in [-0.3, -0.25) is 24.0 Å². The quantitative estimate of drug-likeness (QED) is 0.311. The van der Waals surface area contributed by atoms with Crippen molar-refractivity contribution in [3.63, 3.8) is 0 Å². The van der Waals surface area contributed by atoms with E-state index >= 15 is 0 Å². The summed E-state index contributed by atoms with van der Waals surface area (Å²) in [5, 5.41) is 23.7. The maximum Gasteiger partial charge on any atom is 0.552 e. The van der Waals surface area contributed by atoms with Crippen molar-refractivity contribution in [2.24, 2.45) is 11.8 Å². The van der Waals surface area contributed by atoms with Gasteiger partial charge in [-0.2, -0.15) is 0 Å². The lowest BCUT2D eigenvalue weighted by Crippen LogP contribution is -2.52. The summed E-state index contributed by atoms with van der Waals surface area (Å²) in [6.45, 7) is 3.48. The normalized spacial score (nSPS) is 19.7. The van der Waals surface area contributed by atoms with E-state index in [9.17, 15) is 34.2 Å². The molecule has 1 saturated heterocycles. The molecule has 0 radical (unpaired) electrons. The topological polar surface area (TPSA) is 168 Å². The molecule has 0 aromatic heterocycles. The van der Waals surface area contributed by atoms with Gasteiger partial charge in [-0.15, -0.1) is 0 Å². The number of amides is 2. The van der Waals surface area contributed by atoms with Gasteiger partial charge in [0.05, 0.1) is 25.3 Å². The maximum absolute atomic E-state index is 12.6. The second-order valence-electron chi connectivity index (χ2n) is 9.94. The van der Waals surface area contributed by atoms with Crippen LogP contribution in [0.15, 0.2) is 0 Å². The number of carbonyl (C=O) groups excluding carboxylic acids is 3. The second-order valence-corrected chi connectivity index (χ2v) is 9.94. The van der Waals surface area contributed by atoms with Crippen molar-refractivity contribution in [3.05, 3.63) is 0 Å². The third-order valence-electron chi connectivity index (χ3n) is 6.36. The van der Waals surface area contributed by atoms with Crippen molar-refractivity contribution in [2.45, 2.75) is 96.0 Å². The van der Waals surface area contributed by atoms with Gasteiger partial charge in [0.15, 0.2) is 5.60 Å². The fourth-order valence-electron chi connectivity index (χ4n) is 4.66. The molecule has 2 rings (SSSR count). The average molecular weight is 496 g/mol. The molecule has 2 fully saturated rings. The van der Waals surface area contributed by atoms with Gasteiger partial charge in [-0.1, -0.05) is 52.4 Å². The lowest BCUT2D eigenvalue weighted by Gasteiger charge is -2.24. The number of hydrogen-bond acceptors (Lipinski definition) is 7. The van der Waals surface area contributed by atoms with Crippen LogP contribution in [0.1, 0.15) is 84.5 Å². The molecule has 0 aromatic rings. The third-order valence-corrected chi connectivity index (χ3v) is 6.36. The Bertz CT molecular complexity index is 763. The SMILES string of the molecule is CC(C)C[C@H](NC(=O)CNC(=O)C1CCCCCCCC1)B1OC(=O)C(CC(=O)O)(CC(=O)O)O1. The van der Waals surface area contributed by atoms with Crippen molar-refractivity contribution in [2.75, 3.05) is 6.54 Å². The van der Waals surface area contributed by atoms with E-state index in [-0.39, 0.29) is 24.3 Å². The first-order valence-electron chi connectivity index (χ1n) is 12.4. The van der Waals surface area contributed by atoms with Crippen LogP contribution < -0.4 is 10.6 Å². The molecular formula is C23H37BN2O9. The molecular weight excluding hydrogens is 459 g/mol. The van der Waals surface area contributed by atoms with E-state index < -0.39 is 55.3 Å². The monoisotopic (exact) mass is 496 g/mol. The average Bonchev–Trinajstić information content (AvgIpc) is 3.12. The van der Waals surface area contributed by atoms with Gasteiger partial charge < -0.3 is 30.2 Å². The van der Waals surface area contributed by atoms with Crippen LogP contribution >= 0.6 is 0 Å². The molecule has 196 valence electrons. The number of carboxylic acids is 2. The van der Waals surface area contributed by atoms with Gasteiger partial charge in [0.1, 0.15) is 0 Å². The lowest BCUT2D eigenvalue weighted by molar-refractivity contribution is -0.157. The minimum atomic E-state index is -2.17. The van der Waals surface area contributed by atoms with Gasteiger partial charge in [-0.25, -0.2) is 0 Å². The Morgan fingerprint density at radius 1 is 1.00 bits per heavy atom. The van der Waals surface area contributed by atoms with Gasteiger partial charge in [0, 0.05) is 5.92 Å². The summed E-state index contributed by atoms with van der Waals surface area (Å²) in [5.74, 6) is -5.54. The highest BCUT2D eigenvalue weighted by molar-refractivity contribution is 6.51. The molecule has 0 unspecified atom stereocenters. The Morgan fingerprint density at radius 2 is 1.54 bits per heavy atom. The van der Waals surface area contributed by atoms with Crippen LogP contribution in [0.2, 0.25) is 0 Å². The number of nitrogens with one attached hydrogen (secondary N) is 2. The zero-order chi connectivity index (χ0) is 26.0. The first-order valence-corrected chi connectivity index (χ1v) is 12.4. The van der Waals surface area contributed by atoms with E-state index in [1.807, 2.05) is 13.8 Å². The van der Waals surface area contributed by atoms with Crippen LogP contribution in [0.4, 0.5) is 0 Å². The van der Waals surface area contributed by atoms with E-state index in [1.54, 1.807) is 0 Å². The first kappa shape index (κ1) is 28.6. The number of aliphatic carboxylic acids is 2. The standard InChI is InChI=1S/C23H37BN2O9/c1-15(2)11-17(24-34-22(33)23(35-24,12-19(28)29)13-20(30)31)26-18(27)14-25-21(32)16-9-7-5-3-4-6-8-10-16/h15-17H,3-14H2,1-2H3,(H,25,32)(H,26,27)(H,28,29)(H,30,31)/t17-/m0/s1. The third kappa shape index (κ3) is 9.16. The van der Waals surface area contributed by atoms with E-state index in [0.29, 0.717) is 6.42 Å². The smallest absolute Gasteiger partial charge is 0.506 e. The van der Waals surface area contributed by atoms with Gasteiger partial charge in [0.25, 0.3) is 0 Å². The van der Waals surface area contributed by atoms with Crippen LogP contribution in [-0.2, 0) is 33.3 Å². The van der Waals surface area contributed by atoms with Crippen LogP contribution in [0.3, 0.4) is 0 Å². The van der Waals surface area contributed by atoms with E-state index in [1.165, 1.54) is 12.8 Å². The fraction of sp³-hybridized carbons (Fsp3) is 0.783. The number of rotatable bonds is 11. The van der Waals surface area contributed by atoms with Crippen molar-refractivity contribution < 1.29 is 43.5 Å². The number of carboxylic acid groups (broad SMARTS) is 2. The Kier molecular flexibility index (Phi) is 11.0. The van der Waals surface area contributed by atoms with Crippen molar-refractivity contribution >= 4 is 36.8 Å². The molecule has 2 amide bonds. The molecule has 35 heavy (non-hydrogen) atoms. The molecule has 0 bridgehead atoms. The predicted molar refractivity (Wildman–Crippen MR) is 125 cm³/mol. The van der Waals surface area contributed by atoms with E-state index in [2.05, 4.69) is 10.6 Å². The molecule has 0 aromatic carbocycles. The zero-order valence-corrected chi connectivity index (χ0v) is 20.5. The molecule has 12 heteroatoms. The minimum absolute atomic E-state index is 0.0324. The summed E-state index contributed by atoms with van der Waals surface area (Å²) in [4.78, 5) is 60.3. The minimum Gasteiger partial charge on any atom is -0.506 e. The summed E-state index contributed by atoms with van der Waals surface area (Å²) in [6.07, 6.45) is 6.69. The van der Waals surface area contributed by atoms with Crippen molar-refractivity contribution in [1.29, 1.82) is 0 Å². The Balaban J connectivity index is 2.00. The molecule has 11 nitrogen and oxygen atoms in total. The van der Waals surface area contributed by atoms with Gasteiger partial charge in [-0.05, 0) is 25.2 Å². The fourth-order valence-corrected chi connectivity index (χ4v) is 4.66. The lowest BCUT2D eigenvalue weighted by atomic mass is 9.74. The van der Waals surface area contributed by atoms with Crippen molar-refractivity contribution in [1.82, 2.24) is 10.6 Å². The Morgan fingerprint density at radius 3 is 2.06 bits per heavy atom. The largest absolute Gasteiger partial charge is 0.552 e. The highest BCUT2D eigenvalue weighted by Gasteiger charge is 2.57. The highest BCUT2D eigenvalue weighted by atomic mass is 16.7. The highest BCUT2D eigenvalue weighted by Crippen LogP contribution is 2.32. The van der Waals surface area contributed by atoms with Crippen LogP contribution in [-0.4, -0.2) is 65.1 Å². The molecule has 0 spiro atoms. The Hall–Kier alpha value is -2.63. The molecule has 1 atom stereocenters.